The van der Waals surface area contributed by atoms with Gasteiger partial charge in [0.1, 0.15) is 6.54 Å². The summed E-state index contributed by atoms with van der Waals surface area (Å²) >= 11 is 3.50. The molecule has 2 aromatic rings. The van der Waals surface area contributed by atoms with E-state index in [1.165, 1.54) is 16.7 Å². The maximum atomic E-state index is 4.64. The van der Waals surface area contributed by atoms with E-state index >= 15 is 0 Å². The van der Waals surface area contributed by atoms with Crippen LogP contribution in [0, 0.1) is 13.8 Å². The van der Waals surface area contributed by atoms with Crippen LogP contribution in [0.3, 0.4) is 0 Å². The van der Waals surface area contributed by atoms with E-state index in [4.69, 9.17) is 0 Å². The maximum Gasteiger partial charge on any atom is 0.103 e. The van der Waals surface area contributed by atoms with Crippen molar-refractivity contribution >= 4 is 22.1 Å². The predicted molar refractivity (Wildman–Crippen MR) is 104 cm³/mol. The molecule has 1 saturated heterocycles. The number of quaternary nitrogens is 1. The lowest BCUT2D eigenvalue weighted by atomic mass is 10.1. The molecule has 1 N–H and O–H groups in total. The van der Waals surface area contributed by atoms with Crippen molar-refractivity contribution in [1.29, 1.82) is 0 Å². The molecule has 0 saturated carbocycles. The second-order valence-electron chi connectivity index (χ2n) is 6.61. The summed E-state index contributed by atoms with van der Waals surface area (Å²) in [5.74, 6) is 0. The van der Waals surface area contributed by atoms with E-state index in [0.29, 0.717) is 0 Å². The number of halogens is 1. The first-order chi connectivity index (χ1) is 11.6. The molecule has 1 aliphatic rings. The van der Waals surface area contributed by atoms with Gasteiger partial charge in [0.2, 0.25) is 0 Å². The summed E-state index contributed by atoms with van der Waals surface area (Å²) in [7, 11) is 0. The smallest absolute Gasteiger partial charge is 0.103 e. The lowest BCUT2D eigenvalue weighted by Gasteiger charge is -2.30. The third kappa shape index (κ3) is 4.68. The van der Waals surface area contributed by atoms with E-state index in [1.54, 1.807) is 4.90 Å². The Morgan fingerprint density at radius 3 is 2.62 bits per heavy atom. The molecular weight excluding hydrogens is 362 g/mol. The van der Waals surface area contributed by atoms with E-state index in [9.17, 15) is 0 Å². The second kappa shape index (κ2) is 7.95. The molecule has 1 aliphatic heterocycles. The van der Waals surface area contributed by atoms with Gasteiger partial charge in [-0.2, -0.15) is 5.10 Å². The first-order valence-electron chi connectivity index (χ1n) is 8.54. The Balaban J connectivity index is 1.52. The molecule has 24 heavy (non-hydrogen) atoms. The third-order valence-electron chi connectivity index (χ3n) is 4.60. The molecule has 0 aliphatic carbocycles. The SMILES string of the molecule is Cc1ccc(C[NH+]2CCN(/N=C/c3cccc(Br)c3)CC2)c(C)c1. The standard InChI is InChI=1S/C20H24BrN3/c1-16-6-7-19(17(2)12-16)15-23-8-10-24(11-9-23)22-14-18-4-3-5-20(21)13-18/h3-7,12-14H,8-11,15H2,1-2H3/p+1/b22-14+. The van der Waals surface area contributed by atoms with E-state index in [2.05, 4.69) is 70.2 Å². The van der Waals surface area contributed by atoms with Crippen molar-refractivity contribution in [3.63, 3.8) is 0 Å². The van der Waals surface area contributed by atoms with Gasteiger partial charge in [-0.3, -0.25) is 5.01 Å². The highest BCUT2D eigenvalue weighted by Gasteiger charge is 2.19. The van der Waals surface area contributed by atoms with Crippen LogP contribution >= 0.6 is 15.9 Å². The minimum Gasteiger partial charge on any atom is -0.328 e. The molecule has 3 rings (SSSR count). The molecule has 0 bridgehead atoms. The number of hydrogen-bond acceptors (Lipinski definition) is 2. The van der Waals surface area contributed by atoms with E-state index in [-0.39, 0.29) is 0 Å². The van der Waals surface area contributed by atoms with Gasteiger partial charge >= 0.3 is 0 Å². The minimum atomic E-state index is 1.02. The Kier molecular flexibility index (Phi) is 5.69. The van der Waals surface area contributed by atoms with Crippen LogP contribution in [-0.4, -0.2) is 37.4 Å². The first kappa shape index (κ1) is 17.2. The Labute approximate surface area is 153 Å². The monoisotopic (exact) mass is 386 g/mol. The highest BCUT2D eigenvalue weighted by molar-refractivity contribution is 9.10. The highest BCUT2D eigenvalue weighted by Crippen LogP contribution is 2.11. The van der Waals surface area contributed by atoms with E-state index in [0.717, 1.165) is 42.8 Å². The van der Waals surface area contributed by atoms with Gasteiger partial charge in [0.25, 0.3) is 0 Å². The fourth-order valence-electron chi connectivity index (χ4n) is 3.15. The third-order valence-corrected chi connectivity index (χ3v) is 5.10. The molecule has 0 amide bonds. The summed E-state index contributed by atoms with van der Waals surface area (Å²) in [5, 5.41) is 6.83. The van der Waals surface area contributed by atoms with Crippen LogP contribution in [0.25, 0.3) is 0 Å². The molecular formula is C20H25BrN3+. The van der Waals surface area contributed by atoms with Crippen molar-refractivity contribution in [2.45, 2.75) is 20.4 Å². The lowest BCUT2D eigenvalue weighted by molar-refractivity contribution is -0.918. The Morgan fingerprint density at radius 2 is 1.92 bits per heavy atom. The topological polar surface area (TPSA) is 20.0 Å². The zero-order valence-corrected chi connectivity index (χ0v) is 16.0. The molecule has 1 heterocycles. The quantitative estimate of drug-likeness (QED) is 0.800. The molecule has 0 radical (unpaired) electrons. The van der Waals surface area contributed by atoms with E-state index in [1.807, 2.05) is 18.3 Å². The molecule has 0 aromatic heterocycles. The van der Waals surface area contributed by atoms with Crippen LogP contribution < -0.4 is 4.90 Å². The molecule has 2 aromatic carbocycles. The summed E-state index contributed by atoms with van der Waals surface area (Å²) in [5.41, 5.74) is 5.37. The summed E-state index contributed by atoms with van der Waals surface area (Å²) in [6, 6.07) is 15.0. The van der Waals surface area contributed by atoms with Crippen molar-refractivity contribution in [2.24, 2.45) is 5.10 Å². The van der Waals surface area contributed by atoms with Gasteiger partial charge in [0, 0.05) is 10.0 Å². The van der Waals surface area contributed by atoms with Crippen molar-refractivity contribution in [3.8, 4) is 0 Å². The van der Waals surface area contributed by atoms with Gasteiger partial charge in [0.15, 0.2) is 0 Å². The van der Waals surface area contributed by atoms with Crippen molar-refractivity contribution < 1.29 is 4.90 Å². The second-order valence-corrected chi connectivity index (χ2v) is 7.53. The molecule has 1 fully saturated rings. The molecule has 0 atom stereocenters. The zero-order valence-electron chi connectivity index (χ0n) is 14.4. The molecule has 4 heteroatoms. The number of rotatable bonds is 4. The van der Waals surface area contributed by atoms with Crippen molar-refractivity contribution in [2.75, 3.05) is 26.2 Å². The fraction of sp³-hybridized carbons (Fsp3) is 0.350. The molecule has 3 nitrogen and oxygen atoms in total. The molecule has 0 unspecified atom stereocenters. The van der Waals surface area contributed by atoms with Gasteiger partial charge in [-0.25, -0.2) is 0 Å². The Morgan fingerprint density at radius 1 is 1.12 bits per heavy atom. The number of aryl methyl sites for hydroxylation is 2. The average Bonchev–Trinajstić information content (AvgIpc) is 2.57. The van der Waals surface area contributed by atoms with Gasteiger partial charge in [-0.05, 0) is 37.1 Å². The predicted octanol–water partition coefficient (Wildman–Crippen LogP) is 2.80. The van der Waals surface area contributed by atoms with Crippen LogP contribution in [0.5, 0.6) is 0 Å². The summed E-state index contributed by atoms with van der Waals surface area (Å²) in [6.07, 6.45) is 1.96. The largest absolute Gasteiger partial charge is 0.328 e. The number of nitrogens with one attached hydrogen (secondary N) is 1. The number of nitrogens with zero attached hydrogens (tertiary/aromatic N) is 2. The van der Waals surface area contributed by atoms with Crippen LogP contribution in [0.15, 0.2) is 52.0 Å². The maximum absolute atomic E-state index is 4.64. The summed E-state index contributed by atoms with van der Waals surface area (Å²) < 4.78 is 1.09. The molecule has 126 valence electrons. The highest BCUT2D eigenvalue weighted by atomic mass is 79.9. The summed E-state index contributed by atoms with van der Waals surface area (Å²) in [4.78, 5) is 1.65. The Bertz CT molecular complexity index is 719. The van der Waals surface area contributed by atoms with Gasteiger partial charge in [-0.1, -0.05) is 51.8 Å². The number of hydrazone groups is 1. The lowest BCUT2D eigenvalue weighted by Crippen LogP contribution is -3.13. The van der Waals surface area contributed by atoms with Crippen LogP contribution in [0.4, 0.5) is 0 Å². The number of benzene rings is 2. The number of piperazine rings is 1. The Hall–Kier alpha value is -1.65. The van der Waals surface area contributed by atoms with Gasteiger partial charge in [0.05, 0.1) is 32.4 Å². The summed E-state index contributed by atoms with van der Waals surface area (Å²) in [6.45, 7) is 9.82. The molecule has 0 spiro atoms. The van der Waals surface area contributed by atoms with E-state index < -0.39 is 0 Å². The van der Waals surface area contributed by atoms with Gasteiger partial charge in [-0.15, -0.1) is 0 Å². The van der Waals surface area contributed by atoms with Crippen LogP contribution in [-0.2, 0) is 6.54 Å². The van der Waals surface area contributed by atoms with Crippen molar-refractivity contribution in [3.05, 3.63) is 69.2 Å². The average molecular weight is 387 g/mol. The zero-order chi connectivity index (χ0) is 16.9. The normalized spacial score (nSPS) is 16.0. The number of hydrogen-bond donors (Lipinski definition) is 1. The minimum absolute atomic E-state index is 1.02. The van der Waals surface area contributed by atoms with Crippen molar-refractivity contribution in [1.82, 2.24) is 5.01 Å². The van der Waals surface area contributed by atoms with Gasteiger partial charge < -0.3 is 4.90 Å². The van der Waals surface area contributed by atoms with Crippen LogP contribution in [0.1, 0.15) is 22.3 Å². The first-order valence-corrected chi connectivity index (χ1v) is 9.33. The fourth-order valence-corrected chi connectivity index (χ4v) is 3.57. The van der Waals surface area contributed by atoms with Crippen LogP contribution in [0.2, 0.25) is 0 Å².